The Labute approximate surface area is 197 Å². The predicted octanol–water partition coefficient (Wildman–Crippen LogP) is 4.94. The van der Waals surface area contributed by atoms with E-state index in [9.17, 15) is 4.79 Å². The molecule has 9 nitrogen and oxygen atoms in total. The van der Waals surface area contributed by atoms with Gasteiger partial charge in [-0.05, 0) is 61.0 Å². The van der Waals surface area contributed by atoms with Crippen molar-refractivity contribution in [2.45, 2.75) is 6.92 Å². The Morgan fingerprint density at radius 2 is 1.35 bits per heavy atom. The molecule has 9 heteroatoms. The van der Waals surface area contributed by atoms with Gasteiger partial charge in [-0.3, -0.25) is 4.79 Å². The number of rotatable bonds is 8. The van der Waals surface area contributed by atoms with Crippen molar-refractivity contribution in [1.29, 1.82) is 0 Å². The minimum absolute atomic E-state index is 0.269. The fourth-order valence-corrected chi connectivity index (χ4v) is 3.16. The number of carbonyl (C=O) groups is 1. The zero-order valence-electron chi connectivity index (χ0n) is 19.0. The highest BCUT2D eigenvalue weighted by Crippen LogP contribution is 2.24. The highest BCUT2D eigenvalue weighted by atomic mass is 16.5. The molecule has 0 saturated carbocycles. The molecular weight excluding hydrogens is 432 g/mol. The average molecular weight is 457 g/mol. The molecule has 34 heavy (non-hydrogen) atoms. The number of hydrogen-bond acceptors (Lipinski definition) is 8. The number of aromatic nitrogens is 3. The van der Waals surface area contributed by atoms with Gasteiger partial charge in [-0.25, -0.2) is 15.0 Å². The molecule has 0 atom stereocenters. The van der Waals surface area contributed by atoms with E-state index in [2.05, 4.69) is 30.9 Å². The van der Waals surface area contributed by atoms with E-state index in [1.54, 1.807) is 56.8 Å². The van der Waals surface area contributed by atoms with Crippen molar-refractivity contribution in [3.8, 4) is 11.5 Å². The quantitative estimate of drug-likeness (QED) is 0.342. The normalized spacial score (nSPS) is 10.3. The molecule has 0 bridgehead atoms. The van der Waals surface area contributed by atoms with Crippen molar-refractivity contribution in [1.82, 2.24) is 15.0 Å². The second kappa shape index (κ2) is 10.3. The van der Waals surface area contributed by atoms with Crippen molar-refractivity contribution in [2.75, 3.05) is 30.2 Å². The van der Waals surface area contributed by atoms with Crippen LogP contribution in [0.3, 0.4) is 0 Å². The molecule has 0 unspecified atom stereocenters. The van der Waals surface area contributed by atoms with Gasteiger partial charge in [0.15, 0.2) is 0 Å². The summed E-state index contributed by atoms with van der Waals surface area (Å²) >= 11 is 0. The lowest BCUT2D eigenvalue weighted by atomic mass is 10.1. The molecule has 2 aromatic heterocycles. The molecule has 0 aliphatic rings. The molecule has 172 valence electrons. The molecular formula is C25H24N6O3. The summed E-state index contributed by atoms with van der Waals surface area (Å²) in [6.45, 7) is 2.00. The van der Waals surface area contributed by atoms with E-state index < -0.39 is 0 Å². The van der Waals surface area contributed by atoms with Crippen LogP contribution >= 0.6 is 0 Å². The van der Waals surface area contributed by atoms with Gasteiger partial charge in [-0.15, -0.1) is 0 Å². The standard InChI is InChI=1S/C25H24N6O3/c1-16-8-9-26-22(10-16)31-24-14-23(27-15-28-24)29-18-4-6-19(7-5-18)30-25(32)17-11-20(33-2)13-21(12-17)34-3/h4-15H,1-3H3,(H,30,32)(H2,26,27,28,29,31). The number of methoxy groups -OCH3 is 2. The van der Waals surface area contributed by atoms with Crippen LogP contribution in [-0.2, 0) is 0 Å². The Bertz CT molecular complexity index is 1270. The number of amides is 1. The van der Waals surface area contributed by atoms with Crippen LogP contribution in [0.2, 0.25) is 0 Å². The van der Waals surface area contributed by atoms with Crippen LogP contribution < -0.4 is 25.4 Å². The summed E-state index contributed by atoms with van der Waals surface area (Å²) in [6, 6.07) is 18.0. The third-order valence-corrected chi connectivity index (χ3v) is 4.87. The molecule has 0 saturated heterocycles. The fourth-order valence-electron chi connectivity index (χ4n) is 3.16. The number of benzene rings is 2. The zero-order valence-corrected chi connectivity index (χ0v) is 19.0. The number of hydrogen-bond donors (Lipinski definition) is 3. The van der Waals surface area contributed by atoms with E-state index in [1.807, 2.05) is 31.2 Å². The molecule has 0 radical (unpaired) electrons. The van der Waals surface area contributed by atoms with Crippen LogP contribution in [-0.4, -0.2) is 35.1 Å². The molecule has 4 aromatic rings. The Morgan fingerprint density at radius 1 is 0.735 bits per heavy atom. The Balaban J connectivity index is 1.41. The lowest BCUT2D eigenvalue weighted by molar-refractivity contribution is 0.102. The molecule has 2 heterocycles. The highest BCUT2D eigenvalue weighted by molar-refractivity contribution is 6.04. The molecule has 0 aliphatic heterocycles. The SMILES string of the molecule is COc1cc(OC)cc(C(=O)Nc2ccc(Nc3cc(Nc4cc(C)ccn4)ncn3)cc2)c1. The number of aryl methyl sites for hydroxylation is 1. The van der Waals surface area contributed by atoms with Gasteiger partial charge in [0.1, 0.15) is 35.3 Å². The lowest BCUT2D eigenvalue weighted by Gasteiger charge is -2.11. The van der Waals surface area contributed by atoms with Crippen LogP contribution in [0, 0.1) is 6.92 Å². The van der Waals surface area contributed by atoms with Gasteiger partial charge in [-0.1, -0.05) is 0 Å². The number of nitrogens with one attached hydrogen (secondary N) is 3. The molecule has 0 fully saturated rings. The fraction of sp³-hybridized carbons (Fsp3) is 0.120. The second-order valence-electron chi connectivity index (χ2n) is 7.39. The summed E-state index contributed by atoms with van der Waals surface area (Å²) in [4.78, 5) is 25.5. The van der Waals surface area contributed by atoms with Gasteiger partial charge < -0.3 is 25.4 Å². The Morgan fingerprint density at radius 3 is 2.00 bits per heavy atom. The first kappa shape index (κ1) is 22.5. The molecule has 4 rings (SSSR count). The van der Waals surface area contributed by atoms with Crippen LogP contribution in [0.4, 0.5) is 28.8 Å². The van der Waals surface area contributed by atoms with Crippen molar-refractivity contribution in [2.24, 2.45) is 0 Å². The summed E-state index contributed by atoms with van der Waals surface area (Å²) in [5, 5.41) is 9.26. The van der Waals surface area contributed by atoms with Crippen LogP contribution in [0.5, 0.6) is 11.5 Å². The summed E-state index contributed by atoms with van der Waals surface area (Å²) < 4.78 is 10.5. The van der Waals surface area contributed by atoms with Gasteiger partial charge in [0.25, 0.3) is 5.91 Å². The first-order chi connectivity index (χ1) is 16.5. The first-order valence-corrected chi connectivity index (χ1v) is 10.5. The maximum absolute atomic E-state index is 12.7. The molecule has 0 aliphatic carbocycles. The predicted molar refractivity (Wildman–Crippen MR) is 132 cm³/mol. The topological polar surface area (TPSA) is 110 Å². The maximum Gasteiger partial charge on any atom is 0.255 e. The minimum atomic E-state index is -0.269. The summed E-state index contributed by atoms with van der Waals surface area (Å²) in [5.74, 6) is 2.76. The van der Waals surface area contributed by atoms with E-state index >= 15 is 0 Å². The number of ether oxygens (including phenoxy) is 2. The van der Waals surface area contributed by atoms with E-state index in [4.69, 9.17) is 9.47 Å². The molecule has 0 spiro atoms. The van der Waals surface area contributed by atoms with Crippen LogP contribution in [0.15, 0.2) is 73.2 Å². The van der Waals surface area contributed by atoms with Crippen molar-refractivity contribution in [3.63, 3.8) is 0 Å². The zero-order chi connectivity index (χ0) is 23.9. The Hall–Kier alpha value is -4.66. The van der Waals surface area contributed by atoms with Gasteiger partial charge in [0.2, 0.25) is 0 Å². The molecule has 2 aromatic carbocycles. The van der Waals surface area contributed by atoms with E-state index in [0.29, 0.717) is 40.2 Å². The van der Waals surface area contributed by atoms with Gasteiger partial charge in [-0.2, -0.15) is 0 Å². The molecule has 3 N–H and O–H groups in total. The van der Waals surface area contributed by atoms with Crippen LogP contribution in [0.25, 0.3) is 0 Å². The third-order valence-electron chi connectivity index (χ3n) is 4.87. The third kappa shape index (κ3) is 5.77. The van der Waals surface area contributed by atoms with E-state index in [-0.39, 0.29) is 5.91 Å². The summed E-state index contributed by atoms with van der Waals surface area (Å²) in [7, 11) is 3.08. The number of anilines is 5. The maximum atomic E-state index is 12.7. The van der Waals surface area contributed by atoms with Gasteiger partial charge >= 0.3 is 0 Å². The van der Waals surface area contributed by atoms with Crippen molar-refractivity contribution >= 4 is 34.7 Å². The molecule has 1 amide bonds. The second-order valence-corrected chi connectivity index (χ2v) is 7.39. The number of carbonyl (C=O) groups excluding carboxylic acids is 1. The summed E-state index contributed by atoms with van der Waals surface area (Å²) in [5.41, 5.74) is 2.98. The van der Waals surface area contributed by atoms with Crippen LogP contribution in [0.1, 0.15) is 15.9 Å². The van der Waals surface area contributed by atoms with Gasteiger partial charge in [0, 0.05) is 35.3 Å². The lowest BCUT2D eigenvalue weighted by Crippen LogP contribution is -2.12. The monoisotopic (exact) mass is 456 g/mol. The number of nitrogens with zero attached hydrogens (tertiary/aromatic N) is 3. The average Bonchev–Trinajstić information content (AvgIpc) is 2.85. The first-order valence-electron chi connectivity index (χ1n) is 10.5. The number of pyridine rings is 1. The smallest absolute Gasteiger partial charge is 0.255 e. The van der Waals surface area contributed by atoms with E-state index in [0.717, 1.165) is 11.3 Å². The van der Waals surface area contributed by atoms with E-state index in [1.165, 1.54) is 6.33 Å². The largest absolute Gasteiger partial charge is 0.497 e. The van der Waals surface area contributed by atoms with Crippen molar-refractivity contribution < 1.29 is 14.3 Å². The Kier molecular flexibility index (Phi) is 6.83. The summed E-state index contributed by atoms with van der Waals surface area (Å²) in [6.07, 6.45) is 3.21. The van der Waals surface area contributed by atoms with Crippen molar-refractivity contribution in [3.05, 3.63) is 84.3 Å². The van der Waals surface area contributed by atoms with Gasteiger partial charge in [0.05, 0.1) is 14.2 Å². The minimum Gasteiger partial charge on any atom is -0.497 e. The highest BCUT2D eigenvalue weighted by Gasteiger charge is 2.10.